The number of pyridine rings is 1. The van der Waals surface area contributed by atoms with E-state index >= 15 is 4.39 Å². The van der Waals surface area contributed by atoms with Gasteiger partial charge in [-0.2, -0.15) is 0 Å². The fourth-order valence-corrected chi connectivity index (χ4v) is 5.73. The van der Waals surface area contributed by atoms with Crippen molar-refractivity contribution in [2.24, 2.45) is 0 Å². The third-order valence-electron chi connectivity index (χ3n) is 8.00. The van der Waals surface area contributed by atoms with Crippen molar-refractivity contribution in [3.05, 3.63) is 102 Å². The number of imidazole rings is 1. The molecule has 1 aliphatic heterocycles. The highest BCUT2D eigenvalue weighted by atomic mass is 19.1. The molecule has 1 N–H and O–H groups in total. The Kier molecular flexibility index (Phi) is 4.83. The molecule has 1 saturated carbocycles. The van der Waals surface area contributed by atoms with E-state index in [0.29, 0.717) is 0 Å². The Morgan fingerprint density at radius 3 is 2.46 bits per heavy atom. The van der Waals surface area contributed by atoms with Crippen LogP contribution in [-0.2, 0) is 5.41 Å². The van der Waals surface area contributed by atoms with E-state index in [-0.39, 0.29) is 11.2 Å². The summed E-state index contributed by atoms with van der Waals surface area (Å²) in [7, 11) is 0. The maximum atomic E-state index is 15.7. The van der Waals surface area contributed by atoms with E-state index in [1.165, 1.54) is 5.56 Å². The van der Waals surface area contributed by atoms with Gasteiger partial charge in [-0.05, 0) is 61.1 Å². The van der Waals surface area contributed by atoms with Gasteiger partial charge in [0.1, 0.15) is 11.6 Å². The fraction of sp³-hybridized carbons (Fsp3) is 0.188. The lowest BCUT2D eigenvalue weighted by Gasteiger charge is -2.39. The van der Waals surface area contributed by atoms with Crippen molar-refractivity contribution >= 4 is 11.5 Å². The normalized spacial score (nSPS) is 15.0. The Labute approximate surface area is 215 Å². The van der Waals surface area contributed by atoms with Crippen molar-refractivity contribution in [3.8, 4) is 39.6 Å². The summed E-state index contributed by atoms with van der Waals surface area (Å²) in [5.74, 6) is 1.39. The van der Waals surface area contributed by atoms with E-state index in [1.807, 2.05) is 36.4 Å². The molecule has 3 heterocycles. The highest BCUT2D eigenvalue weighted by Crippen LogP contribution is 2.47. The first-order chi connectivity index (χ1) is 18.0. The van der Waals surface area contributed by atoms with Crippen LogP contribution >= 0.6 is 0 Å². The van der Waals surface area contributed by atoms with Gasteiger partial charge in [-0.25, -0.2) is 14.4 Å². The van der Waals surface area contributed by atoms with Crippen molar-refractivity contribution in [2.45, 2.75) is 38.5 Å². The van der Waals surface area contributed by atoms with E-state index in [0.717, 1.165) is 75.9 Å². The van der Waals surface area contributed by atoms with Crippen molar-refractivity contribution in [1.29, 1.82) is 0 Å². The number of para-hydroxylation sites is 1. The second-order valence-corrected chi connectivity index (χ2v) is 10.5. The number of benzene rings is 3. The van der Waals surface area contributed by atoms with Crippen LogP contribution in [0.3, 0.4) is 0 Å². The Balaban J connectivity index is 1.55. The Hall–Kier alpha value is -4.25. The first-order valence-electron chi connectivity index (χ1n) is 12.8. The SMILES string of the molecule is Cc1ccc(-c2nc3n(c2-c2ccc(C4(C)CCC4)c(F)c2)-c2cccnc2Nc2ccccc2-3)cc1. The van der Waals surface area contributed by atoms with Crippen LogP contribution in [0, 0.1) is 12.7 Å². The van der Waals surface area contributed by atoms with Gasteiger partial charge in [-0.3, -0.25) is 4.57 Å². The highest BCUT2D eigenvalue weighted by molar-refractivity contribution is 5.90. The van der Waals surface area contributed by atoms with Crippen molar-refractivity contribution in [2.75, 3.05) is 5.32 Å². The van der Waals surface area contributed by atoms with Crippen LogP contribution in [0.15, 0.2) is 85.1 Å². The molecule has 0 bridgehead atoms. The van der Waals surface area contributed by atoms with E-state index in [9.17, 15) is 0 Å². The Morgan fingerprint density at radius 1 is 0.919 bits per heavy atom. The molecule has 4 nitrogen and oxygen atoms in total. The molecule has 7 rings (SSSR count). The minimum absolute atomic E-state index is 0.0733. The van der Waals surface area contributed by atoms with Gasteiger partial charge in [0, 0.05) is 22.9 Å². The van der Waals surface area contributed by atoms with Gasteiger partial charge < -0.3 is 5.32 Å². The van der Waals surface area contributed by atoms with Crippen LogP contribution < -0.4 is 5.32 Å². The van der Waals surface area contributed by atoms with Gasteiger partial charge in [0.25, 0.3) is 0 Å². The summed E-state index contributed by atoms with van der Waals surface area (Å²) in [6.07, 6.45) is 5.00. The molecule has 37 heavy (non-hydrogen) atoms. The lowest BCUT2D eigenvalue weighted by atomic mass is 9.66. The molecule has 0 spiro atoms. The van der Waals surface area contributed by atoms with Gasteiger partial charge in [-0.15, -0.1) is 0 Å². The molecule has 0 saturated heterocycles. The minimum Gasteiger partial charge on any atom is -0.338 e. The zero-order chi connectivity index (χ0) is 25.1. The number of aryl methyl sites for hydroxylation is 1. The number of hydrogen-bond acceptors (Lipinski definition) is 3. The van der Waals surface area contributed by atoms with Crippen molar-refractivity contribution in [3.63, 3.8) is 0 Å². The van der Waals surface area contributed by atoms with E-state index < -0.39 is 0 Å². The molecular formula is C32H27FN4. The molecular weight excluding hydrogens is 459 g/mol. The molecule has 0 atom stereocenters. The van der Waals surface area contributed by atoms with Gasteiger partial charge in [0.05, 0.1) is 22.8 Å². The number of fused-ring (bicyclic) bond motifs is 5. The first kappa shape index (κ1) is 22.0. The first-order valence-corrected chi connectivity index (χ1v) is 12.8. The summed E-state index contributed by atoms with van der Waals surface area (Å²) in [6, 6.07) is 26.2. The van der Waals surface area contributed by atoms with Crippen molar-refractivity contribution in [1.82, 2.24) is 14.5 Å². The maximum Gasteiger partial charge on any atom is 0.154 e. The monoisotopic (exact) mass is 486 g/mol. The summed E-state index contributed by atoms with van der Waals surface area (Å²) in [5, 5.41) is 3.49. The quantitative estimate of drug-likeness (QED) is 0.274. The van der Waals surface area contributed by atoms with Crippen LogP contribution in [0.5, 0.6) is 0 Å². The minimum atomic E-state index is -0.149. The lowest BCUT2D eigenvalue weighted by molar-refractivity contribution is 0.263. The standard InChI is InChI=1S/C32H27FN4/c1-20-10-12-21(13-11-20)28-29(22-14-15-24(25(33)19-22)32(2)16-6-17-32)37-27-9-5-18-34-30(27)35-26-8-4-3-7-23(26)31(37)36-28/h3-5,7-15,18-19H,6,16-17H2,1-2H3,(H,34,35). The van der Waals surface area contributed by atoms with Crippen LogP contribution in [0.4, 0.5) is 15.9 Å². The molecule has 2 aromatic heterocycles. The fourth-order valence-electron chi connectivity index (χ4n) is 5.73. The predicted molar refractivity (Wildman–Crippen MR) is 147 cm³/mol. The summed E-state index contributed by atoms with van der Waals surface area (Å²) >= 11 is 0. The average Bonchev–Trinajstić information content (AvgIpc) is 3.22. The Bertz CT molecular complexity index is 1660. The number of rotatable bonds is 3. The molecule has 1 fully saturated rings. The average molecular weight is 487 g/mol. The smallest absolute Gasteiger partial charge is 0.154 e. The number of anilines is 2. The van der Waals surface area contributed by atoms with Gasteiger partial charge in [-0.1, -0.05) is 67.4 Å². The van der Waals surface area contributed by atoms with Gasteiger partial charge in [0.15, 0.2) is 5.82 Å². The second-order valence-electron chi connectivity index (χ2n) is 10.5. The molecule has 5 aromatic rings. The Morgan fingerprint density at radius 2 is 1.70 bits per heavy atom. The number of nitrogens with zero attached hydrogens (tertiary/aromatic N) is 3. The molecule has 0 amide bonds. The van der Waals surface area contributed by atoms with E-state index in [2.05, 4.69) is 65.1 Å². The molecule has 2 aliphatic rings. The number of aromatic nitrogens is 3. The molecule has 0 unspecified atom stereocenters. The van der Waals surface area contributed by atoms with Gasteiger partial charge >= 0.3 is 0 Å². The highest BCUT2D eigenvalue weighted by Gasteiger charge is 2.36. The van der Waals surface area contributed by atoms with Crippen LogP contribution in [0.25, 0.3) is 39.6 Å². The summed E-state index contributed by atoms with van der Waals surface area (Å²) in [5.41, 5.74) is 8.18. The predicted octanol–water partition coefficient (Wildman–Crippen LogP) is 8.21. The molecule has 5 heteroatoms. The second kappa shape index (κ2) is 8.13. The molecule has 0 radical (unpaired) electrons. The zero-order valence-corrected chi connectivity index (χ0v) is 20.9. The van der Waals surface area contributed by atoms with Crippen LogP contribution in [0.1, 0.15) is 37.3 Å². The maximum absolute atomic E-state index is 15.7. The topological polar surface area (TPSA) is 42.7 Å². The number of halogens is 1. The zero-order valence-electron chi connectivity index (χ0n) is 20.9. The number of hydrogen-bond donors (Lipinski definition) is 1. The summed E-state index contributed by atoms with van der Waals surface area (Å²) in [6.45, 7) is 4.24. The van der Waals surface area contributed by atoms with Gasteiger partial charge in [0.2, 0.25) is 0 Å². The summed E-state index contributed by atoms with van der Waals surface area (Å²) < 4.78 is 17.9. The lowest BCUT2D eigenvalue weighted by Crippen LogP contribution is -2.31. The van der Waals surface area contributed by atoms with Crippen molar-refractivity contribution < 1.29 is 4.39 Å². The third kappa shape index (κ3) is 3.41. The number of nitrogens with one attached hydrogen (secondary N) is 1. The van der Waals surface area contributed by atoms with Crippen LogP contribution in [-0.4, -0.2) is 14.5 Å². The summed E-state index contributed by atoms with van der Waals surface area (Å²) in [4.78, 5) is 9.88. The molecule has 3 aromatic carbocycles. The largest absolute Gasteiger partial charge is 0.338 e. The van der Waals surface area contributed by atoms with Crippen LogP contribution in [0.2, 0.25) is 0 Å². The van der Waals surface area contributed by atoms with E-state index in [4.69, 9.17) is 4.98 Å². The third-order valence-corrected chi connectivity index (χ3v) is 8.00. The molecule has 1 aliphatic carbocycles. The molecule has 182 valence electrons. The van der Waals surface area contributed by atoms with E-state index in [1.54, 1.807) is 12.3 Å².